The number of hydrogen-bond acceptors (Lipinski definition) is 4. The second kappa shape index (κ2) is 7.44. The molecule has 0 spiro atoms. The number of carboxylic acids is 1. The Hall–Kier alpha value is -1.34. The molecule has 1 aliphatic heterocycles. The Morgan fingerprint density at radius 1 is 1.50 bits per heavy atom. The van der Waals surface area contributed by atoms with Crippen LogP contribution in [-0.2, 0) is 9.53 Å². The van der Waals surface area contributed by atoms with Crippen LogP contribution in [-0.4, -0.2) is 65.1 Å². The van der Waals surface area contributed by atoms with Gasteiger partial charge in [-0.3, -0.25) is 4.79 Å². The Morgan fingerprint density at radius 2 is 2.20 bits per heavy atom. The van der Waals surface area contributed by atoms with Gasteiger partial charge in [0.1, 0.15) is 0 Å². The highest BCUT2D eigenvalue weighted by atomic mass is 16.5. The third kappa shape index (κ3) is 5.75. The van der Waals surface area contributed by atoms with E-state index in [1.54, 1.807) is 4.90 Å². The predicted molar refractivity (Wildman–Crippen MR) is 72.5 cm³/mol. The predicted octanol–water partition coefficient (Wildman–Crippen LogP) is 0.423. The zero-order chi connectivity index (χ0) is 15.2. The van der Waals surface area contributed by atoms with E-state index < -0.39 is 18.0 Å². The molecule has 0 aliphatic carbocycles. The third-order valence-corrected chi connectivity index (χ3v) is 3.22. The van der Waals surface area contributed by atoms with Crippen LogP contribution in [0.3, 0.4) is 0 Å². The maximum absolute atomic E-state index is 12.0. The summed E-state index contributed by atoms with van der Waals surface area (Å²) in [7, 11) is 0. The molecule has 7 nitrogen and oxygen atoms in total. The quantitative estimate of drug-likeness (QED) is 0.658. The Morgan fingerprint density at radius 3 is 2.80 bits per heavy atom. The van der Waals surface area contributed by atoms with Gasteiger partial charge in [0.2, 0.25) is 0 Å². The fraction of sp³-hybridized carbons (Fsp3) is 0.846. The fourth-order valence-corrected chi connectivity index (χ4v) is 2.26. The van der Waals surface area contributed by atoms with Crippen LogP contribution in [0.5, 0.6) is 0 Å². The molecule has 1 rings (SSSR count). The lowest BCUT2D eigenvalue weighted by molar-refractivity contribution is -0.141. The number of hydrogen-bond donors (Lipinski definition) is 3. The molecule has 7 heteroatoms. The SMILES string of the molecule is CCOC1CCCN(C(=O)NCC(C)(O)CC(=O)O)C1. The van der Waals surface area contributed by atoms with Gasteiger partial charge >= 0.3 is 12.0 Å². The van der Waals surface area contributed by atoms with E-state index in [0.717, 1.165) is 12.8 Å². The number of urea groups is 1. The van der Waals surface area contributed by atoms with Crippen molar-refractivity contribution < 1.29 is 24.5 Å². The van der Waals surface area contributed by atoms with Gasteiger partial charge < -0.3 is 25.2 Å². The summed E-state index contributed by atoms with van der Waals surface area (Å²) >= 11 is 0. The van der Waals surface area contributed by atoms with Crippen molar-refractivity contribution in [3.05, 3.63) is 0 Å². The molecule has 0 saturated carbocycles. The van der Waals surface area contributed by atoms with Gasteiger partial charge in [-0.2, -0.15) is 0 Å². The molecule has 2 amide bonds. The van der Waals surface area contributed by atoms with Gasteiger partial charge in [-0.15, -0.1) is 0 Å². The summed E-state index contributed by atoms with van der Waals surface area (Å²) in [4.78, 5) is 24.2. The van der Waals surface area contributed by atoms with E-state index in [9.17, 15) is 14.7 Å². The molecule has 0 aromatic carbocycles. The molecule has 0 bridgehead atoms. The minimum absolute atomic E-state index is 0.0547. The first-order valence-corrected chi connectivity index (χ1v) is 6.92. The van der Waals surface area contributed by atoms with Crippen molar-refractivity contribution >= 4 is 12.0 Å². The molecule has 2 atom stereocenters. The summed E-state index contributed by atoms with van der Waals surface area (Å²) in [5, 5.41) is 21.1. The van der Waals surface area contributed by atoms with E-state index >= 15 is 0 Å². The lowest BCUT2D eigenvalue weighted by Crippen LogP contribution is -2.51. The molecular weight excluding hydrogens is 264 g/mol. The van der Waals surface area contributed by atoms with Crippen molar-refractivity contribution in [2.75, 3.05) is 26.2 Å². The number of carboxylic acid groups (broad SMARTS) is 1. The van der Waals surface area contributed by atoms with Crippen LogP contribution >= 0.6 is 0 Å². The molecule has 0 radical (unpaired) electrons. The number of piperidine rings is 1. The van der Waals surface area contributed by atoms with Crippen molar-refractivity contribution in [1.29, 1.82) is 0 Å². The summed E-state index contributed by atoms with van der Waals surface area (Å²) in [6.45, 7) is 5.02. The van der Waals surface area contributed by atoms with E-state index in [0.29, 0.717) is 19.7 Å². The van der Waals surface area contributed by atoms with Crippen LogP contribution in [0.4, 0.5) is 4.79 Å². The zero-order valence-electron chi connectivity index (χ0n) is 12.1. The number of ether oxygens (including phenoxy) is 1. The number of aliphatic hydroxyl groups is 1. The fourth-order valence-electron chi connectivity index (χ4n) is 2.26. The number of rotatable bonds is 6. The smallest absolute Gasteiger partial charge is 0.317 e. The molecular formula is C13H24N2O5. The van der Waals surface area contributed by atoms with Crippen LogP contribution in [0, 0.1) is 0 Å². The summed E-state index contributed by atoms with van der Waals surface area (Å²) < 4.78 is 5.51. The molecule has 0 aromatic heterocycles. The molecule has 1 heterocycles. The first-order valence-electron chi connectivity index (χ1n) is 6.92. The van der Waals surface area contributed by atoms with Crippen molar-refractivity contribution in [3.63, 3.8) is 0 Å². The van der Waals surface area contributed by atoms with E-state index in [1.807, 2.05) is 6.92 Å². The molecule has 3 N–H and O–H groups in total. The number of carbonyl (C=O) groups excluding carboxylic acids is 1. The van der Waals surface area contributed by atoms with Gasteiger partial charge in [-0.25, -0.2) is 4.79 Å². The van der Waals surface area contributed by atoms with Crippen molar-refractivity contribution in [2.45, 2.75) is 44.8 Å². The lowest BCUT2D eigenvalue weighted by atomic mass is 10.0. The highest BCUT2D eigenvalue weighted by Crippen LogP contribution is 2.14. The minimum atomic E-state index is -1.45. The van der Waals surface area contributed by atoms with Crippen molar-refractivity contribution in [2.24, 2.45) is 0 Å². The highest BCUT2D eigenvalue weighted by molar-refractivity contribution is 5.74. The summed E-state index contributed by atoms with van der Waals surface area (Å²) in [5.74, 6) is -1.10. The van der Waals surface area contributed by atoms with Gasteiger partial charge in [-0.05, 0) is 26.7 Å². The number of nitrogens with zero attached hydrogens (tertiary/aromatic N) is 1. The summed E-state index contributed by atoms with van der Waals surface area (Å²) in [5.41, 5.74) is -1.45. The topological polar surface area (TPSA) is 99.1 Å². The average Bonchev–Trinajstić information content (AvgIpc) is 2.35. The molecule has 116 valence electrons. The standard InChI is InChI=1S/C13H24N2O5/c1-3-20-10-5-4-6-15(8-10)12(18)14-9-13(2,19)7-11(16)17/h10,19H,3-9H2,1-2H3,(H,14,18)(H,16,17). The molecule has 1 aliphatic rings. The van der Waals surface area contributed by atoms with Crippen LogP contribution in [0.1, 0.15) is 33.1 Å². The van der Waals surface area contributed by atoms with E-state index in [1.165, 1.54) is 6.92 Å². The number of aliphatic carboxylic acids is 1. The van der Waals surface area contributed by atoms with Crippen molar-refractivity contribution in [3.8, 4) is 0 Å². The van der Waals surface area contributed by atoms with Crippen LogP contribution in [0.25, 0.3) is 0 Å². The Labute approximate surface area is 118 Å². The Bertz CT molecular complexity index is 344. The average molecular weight is 288 g/mol. The number of amides is 2. The van der Waals surface area contributed by atoms with Crippen LogP contribution in [0.2, 0.25) is 0 Å². The lowest BCUT2D eigenvalue weighted by Gasteiger charge is -2.33. The first-order chi connectivity index (χ1) is 9.34. The third-order valence-electron chi connectivity index (χ3n) is 3.22. The number of nitrogens with one attached hydrogen (secondary N) is 1. The number of carbonyl (C=O) groups is 2. The normalized spacial score (nSPS) is 22.1. The Kier molecular flexibility index (Phi) is 6.22. The second-order valence-corrected chi connectivity index (χ2v) is 5.39. The van der Waals surface area contributed by atoms with E-state index in [4.69, 9.17) is 9.84 Å². The van der Waals surface area contributed by atoms with Gasteiger partial charge in [0.05, 0.1) is 18.1 Å². The van der Waals surface area contributed by atoms with Gasteiger partial charge in [0, 0.05) is 26.2 Å². The van der Waals surface area contributed by atoms with E-state index in [2.05, 4.69) is 5.32 Å². The minimum Gasteiger partial charge on any atom is -0.481 e. The summed E-state index contributed by atoms with van der Waals surface area (Å²) in [6, 6.07) is -0.292. The van der Waals surface area contributed by atoms with Crippen LogP contribution < -0.4 is 5.32 Å². The zero-order valence-corrected chi connectivity index (χ0v) is 12.1. The monoisotopic (exact) mass is 288 g/mol. The largest absolute Gasteiger partial charge is 0.481 e. The van der Waals surface area contributed by atoms with Gasteiger partial charge in [-0.1, -0.05) is 0 Å². The second-order valence-electron chi connectivity index (χ2n) is 5.39. The Balaban J connectivity index is 2.40. The number of likely N-dealkylation sites (tertiary alicyclic amines) is 1. The molecule has 0 aromatic rings. The van der Waals surface area contributed by atoms with E-state index in [-0.39, 0.29) is 18.7 Å². The summed E-state index contributed by atoms with van der Waals surface area (Å²) in [6.07, 6.45) is 1.46. The van der Waals surface area contributed by atoms with Gasteiger partial charge in [0.25, 0.3) is 0 Å². The van der Waals surface area contributed by atoms with Gasteiger partial charge in [0.15, 0.2) is 0 Å². The van der Waals surface area contributed by atoms with Crippen molar-refractivity contribution in [1.82, 2.24) is 10.2 Å². The maximum Gasteiger partial charge on any atom is 0.317 e. The first kappa shape index (κ1) is 16.7. The molecule has 1 saturated heterocycles. The van der Waals surface area contributed by atoms with Crippen LogP contribution in [0.15, 0.2) is 0 Å². The molecule has 1 fully saturated rings. The molecule has 20 heavy (non-hydrogen) atoms. The highest BCUT2D eigenvalue weighted by Gasteiger charge is 2.28. The molecule has 2 unspecified atom stereocenters. The maximum atomic E-state index is 12.0.